The van der Waals surface area contributed by atoms with Crippen LogP contribution in [0.1, 0.15) is 38.5 Å². The summed E-state index contributed by atoms with van der Waals surface area (Å²) in [4.78, 5) is 0. The molecule has 82 valence electrons. The smallest absolute Gasteiger partial charge is 0.0802 e. The predicted octanol–water partition coefficient (Wildman–Crippen LogP) is 1.06. The van der Waals surface area contributed by atoms with E-state index < -0.39 is 0 Å². The van der Waals surface area contributed by atoms with Gasteiger partial charge in [0.15, 0.2) is 0 Å². The summed E-state index contributed by atoms with van der Waals surface area (Å²) >= 11 is 0. The number of hydrogen-bond acceptors (Lipinski definition) is 3. The summed E-state index contributed by atoms with van der Waals surface area (Å²) in [5.41, 5.74) is 0.0856. The first-order valence-electron chi connectivity index (χ1n) is 5.72. The van der Waals surface area contributed by atoms with Crippen LogP contribution in [0.15, 0.2) is 0 Å². The second-order valence-corrected chi connectivity index (χ2v) is 4.73. The third-order valence-corrected chi connectivity index (χ3v) is 3.86. The quantitative estimate of drug-likeness (QED) is 0.711. The van der Waals surface area contributed by atoms with Gasteiger partial charge in [-0.3, -0.25) is 0 Å². The Morgan fingerprint density at radius 3 is 2.57 bits per heavy atom. The molecule has 3 heteroatoms. The van der Waals surface area contributed by atoms with Crippen molar-refractivity contribution in [2.75, 3.05) is 13.7 Å². The van der Waals surface area contributed by atoms with Crippen molar-refractivity contribution in [3.63, 3.8) is 0 Å². The van der Waals surface area contributed by atoms with Crippen LogP contribution in [0.5, 0.6) is 0 Å². The third kappa shape index (κ3) is 1.95. The molecule has 2 aliphatic rings. The van der Waals surface area contributed by atoms with Crippen molar-refractivity contribution in [2.45, 2.75) is 56.3 Å². The first kappa shape index (κ1) is 10.4. The maximum Gasteiger partial charge on any atom is 0.0802 e. The topological polar surface area (TPSA) is 41.5 Å². The molecule has 0 unspecified atom stereocenters. The fourth-order valence-electron chi connectivity index (χ4n) is 2.52. The van der Waals surface area contributed by atoms with Crippen molar-refractivity contribution in [1.29, 1.82) is 0 Å². The van der Waals surface area contributed by atoms with Gasteiger partial charge in [-0.25, -0.2) is 0 Å². The highest BCUT2D eigenvalue weighted by Gasteiger charge is 2.38. The minimum absolute atomic E-state index is 0.0856. The molecule has 0 bridgehead atoms. The maximum atomic E-state index is 9.65. The lowest BCUT2D eigenvalue weighted by Gasteiger charge is -2.41. The van der Waals surface area contributed by atoms with Gasteiger partial charge in [-0.15, -0.1) is 0 Å². The van der Waals surface area contributed by atoms with Gasteiger partial charge in [-0.05, 0) is 38.5 Å². The van der Waals surface area contributed by atoms with Crippen LogP contribution in [0.4, 0.5) is 0 Å². The molecule has 0 amide bonds. The molecule has 14 heavy (non-hydrogen) atoms. The van der Waals surface area contributed by atoms with E-state index in [0.717, 1.165) is 25.8 Å². The zero-order valence-corrected chi connectivity index (χ0v) is 8.96. The van der Waals surface area contributed by atoms with Gasteiger partial charge in [-0.1, -0.05) is 0 Å². The standard InChI is InChI=1S/C11H21NO2/c1-14-11(6-3-7-11)8-12-9-4-2-5-10(9)13/h9-10,12-13H,2-8H2,1H3/t9-,10-/m0/s1. The average molecular weight is 199 g/mol. The summed E-state index contributed by atoms with van der Waals surface area (Å²) in [6, 6.07) is 0.308. The van der Waals surface area contributed by atoms with E-state index in [1.165, 1.54) is 19.3 Å². The van der Waals surface area contributed by atoms with E-state index in [4.69, 9.17) is 4.74 Å². The van der Waals surface area contributed by atoms with Crippen LogP contribution in [0.2, 0.25) is 0 Å². The molecule has 3 nitrogen and oxygen atoms in total. The fraction of sp³-hybridized carbons (Fsp3) is 1.00. The summed E-state index contributed by atoms with van der Waals surface area (Å²) in [6.07, 6.45) is 6.70. The zero-order chi connectivity index (χ0) is 10.0. The minimum atomic E-state index is -0.135. The number of rotatable bonds is 4. The fourth-order valence-corrected chi connectivity index (χ4v) is 2.52. The summed E-state index contributed by atoms with van der Waals surface area (Å²) < 4.78 is 5.52. The third-order valence-electron chi connectivity index (χ3n) is 3.86. The van der Waals surface area contributed by atoms with E-state index in [2.05, 4.69) is 5.32 Å². The number of ether oxygens (including phenoxy) is 1. The summed E-state index contributed by atoms with van der Waals surface area (Å²) in [5.74, 6) is 0. The van der Waals surface area contributed by atoms with Crippen molar-refractivity contribution in [3.05, 3.63) is 0 Å². The van der Waals surface area contributed by atoms with Crippen molar-refractivity contribution in [2.24, 2.45) is 0 Å². The van der Waals surface area contributed by atoms with Gasteiger partial charge in [0, 0.05) is 19.7 Å². The van der Waals surface area contributed by atoms with Crippen LogP contribution >= 0.6 is 0 Å². The molecule has 0 radical (unpaired) electrons. The van der Waals surface area contributed by atoms with Crippen LogP contribution in [0, 0.1) is 0 Å². The Kier molecular flexibility index (Phi) is 3.10. The minimum Gasteiger partial charge on any atom is -0.392 e. The van der Waals surface area contributed by atoms with Gasteiger partial charge in [-0.2, -0.15) is 0 Å². The Labute approximate surface area is 85.8 Å². The Hall–Kier alpha value is -0.120. The number of nitrogens with one attached hydrogen (secondary N) is 1. The van der Waals surface area contributed by atoms with Crippen LogP contribution in [0.3, 0.4) is 0 Å². The molecule has 0 aliphatic heterocycles. The largest absolute Gasteiger partial charge is 0.392 e. The lowest BCUT2D eigenvalue weighted by Crippen LogP contribution is -2.51. The molecular formula is C11H21NO2. The van der Waals surface area contributed by atoms with Gasteiger partial charge in [0.05, 0.1) is 11.7 Å². The van der Waals surface area contributed by atoms with Crippen LogP contribution < -0.4 is 5.32 Å². The van der Waals surface area contributed by atoms with Gasteiger partial charge < -0.3 is 15.2 Å². The molecule has 2 fully saturated rings. The Morgan fingerprint density at radius 2 is 2.14 bits per heavy atom. The lowest BCUT2D eigenvalue weighted by molar-refractivity contribution is -0.0723. The second kappa shape index (κ2) is 4.17. The Bertz CT molecular complexity index is 186. The molecule has 2 aliphatic carbocycles. The van der Waals surface area contributed by atoms with Gasteiger partial charge in [0.1, 0.15) is 0 Å². The van der Waals surface area contributed by atoms with E-state index in [9.17, 15) is 5.11 Å². The van der Waals surface area contributed by atoms with Crippen molar-refractivity contribution in [3.8, 4) is 0 Å². The van der Waals surface area contributed by atoms with E-state index in [1.807, 2.05) is 0 Å². The summed E-state index contributed by atoms with van der Waals surface area (Å²) in [7, 11) is 1.80. The molecule has 0 spiro atoms. The highest BCUT2D eigenvalue weighted by molar-refractivity contribution is 4.94. The molecule has 0 saturated heterocycles. The van der Waals surface area contributed by atoms with Crippen LogP contribution in [0.25, 0.3) is 0 Å². The van der Waals surface area contributed by atoms with E-state index >= 15 is 0 Å². The van der Waals surface area contributed by atoms with Crippen molar-refractivity contribution in [1.82, 2.24) is 5.32 Å². The Balaban J connectivity index is 1.75. The molecule has 0 aromatic rings. The number of hydrogen-bond donors (Lipinski definition) is 2. The van der Waals surface area contributed by atoms with E-state index in [0.29, 0.717) is 6.04 Å². The van der Waals surface area contributed by atoms with Crippen molar-refractivity contribution < 1.29 is 9.84 Å². The normalized spacial score (nSPS) is 35.6. The molecule has 2 N–H and O–H groups in total. The Morgan fingerprint density at radius 1 is 1.36 bits per heavy atom. The highest BCUT2D eigenvalue weighted by Crippen LogP contribution is 2.34. The van der Waals surface area contributed by atoms with Crippen LogP contribution in [-0.4, -0.2) is 36.5 Å². The lowest BCUT2D eigenvalue weighted by atomic mass is 9.80. The molecular weight excluding hydrogens is 178 g/mol. The molecule has 0 aromatic heterocycles. The molecule has 2 saturated carbocycles. The number of methoxy groups -OCH3 is 1. The first-order valence-corrected chi connectivity index (χ1v) is 5.72. The van der Waals surface area contributed by atoms with Gasteiger partial charge in [0.2, 0.25) is 0 Å². The summed E-state index contributed by atoms with van der Waals surface area (Å²) in [6.45, 7) is 0.908. The van der Waals surface area contributed by atoms with Crippen LogP contribution in [-0.2, 0) is 4.74 Å². The highest BCUT2D eigenvalue weighted by atomic mass is 16.5. The predicted molar refractivity (Wildman–Crippen MR) is 55.2 cm³/mol. The summed E-state index contributed by atoms with van der Waals surface area (Å²) in [5, 5.41) is 13.1. The number of aliphatic hydroxyl groups is 1. The molecule has 2 rings (SSSR count). The monoisotopic (exact) mass is 199 g/mol. The SMILES string of the molecule is COC1(CN[C@H]2CCC[C@@H]2O)CCC1. The first-order chi connectivity index (χ1) is 6.76. The zero-order valence-electron chi connectivity index (χ0n) is 8.96. The average Bonchev–Trinajstić information content (AvgIpc) is 2.51. The second-order valence-electron chi connectivity index (χ2n) is 4.73. The van der Waals surface area contributed by atoms with Gasteiger partial charge in [0.25, 0.3) is 0 Å². The molecule has 0 aromatic carbocycles. The number of aliphatic hydroxyl groups excluding tert-OH is 1. The van der Waals surface area contributed by atoms with Gasteiger partial charge >= 0.3 is 0 Å². The van der Waals surface area contributed by atoms with E-state index in [1.54, 1.807) is 7.11 Å². The maximum absolute atomic E-state index is 9.65. The molecule has 2 atom stereocenters. The molecule has 0 heterocycles. The van der Waals surface area contributed by atoms with E-state index in [-0.39, 0.29) is 11.7 Å². The van der Waals surface area contributed by atoms with Crippen molar-refractivity contribution >= 4 is 0 Å².